The lowest BCUT2D eigenvalue weighted by molar-refractivity contribution is -0.134. The first-order valence-electron chi connectivity index (χ1n) is 7.27. The number of esters is 1. The van der Waals surface area contributed by atoms with Crippen molar-refractivity contribution >= 4 is 5.97 Å². The maximum absolute atomic E-state index is 11.3. The van der Waals surface area contributed by atoms with Crippen LogP contribution in [0.2, 0.25) is 0 Å². The van der Waals surface area contributed by atoms with Crippen LogP contribution in [0.5, 0.6) is 0 Å². The third-order valence-electron chi connectivity index (χ3n) is 3.47. The Labute approximate surface area is 126 Å². The summed E-state index contributed by atoms with van der Waals surface area (Å²) in [5, 5.41) is 0. The molecule has 0 saturated heterocycles. The second kappa shape index (κ2) is 7.27. The predicted octanol–water partition coefficient (Wildman–Crippen LogP) is 2.86. The molecule has 1 aliphatic heterocycles. The maximum Gasteiger partial charge on any atom is 0.331 e. The zero-order chi connectivity index (χ0) is 15.2. The number of carbonyl (C=O) groups is 1. The van der Waals surface area contributed by atoms with Crippen molar-refractivity contribution < 1.29 is 14.3 Å². The summed E-state index contributed by atoms with van der Waals surface area (Å²) in [5.74, 6) is 0.186. The second-order valence-corrected chi connectivity index (χ2v) is 5.71. The molecule has 0 aliphatic carbocycles. The molecule has 0 fully saturated rings. The first kappa shape index (κ1) is 15.6. The van der Waals surface area contributed by atoms with E-state index in [2.05, 4.69) is 41.7 Å². The van der Waals surface area contributed by atoms with Crippen LogP contribution in [0.25, 0.3) is 0 Å². The summed E-state index contributed by atoms with van der Waals surface area (Å²) in [6.07, 6.45) is 3.29. The van der Waals surface area contributed by atoms with Crippen LogP contribution >= 0.6 is 0 Å². The van der Waals surface area contributed by atoms with Gasteiger partial charge in [-0.3, -0.25) is 0 Å². The Morgan fingerprint density at radius 1 is 1.43 bits per heavy atom. The van der Waals surface area contributed by atoms with Gasteiger partial charge in [-0.2, -0.15) is 0 Å². The largest absolute Gasteiger partial charge is 0.466 e. The lowest BCUT2D eigenvalue weighted by Crippen LogP contribution is -2.23. The van der Waals surface area contributed by atoms with Crippen LogP contribution in [-0.4, -0.2) is 24.5 Å². The van der Waals surface area contributed by atoms with E-state index >= 15 is 0 Å². The first-order valence-corrected chi connectivity index (χ1v) is 7.27. The van der Waals surface area contributed by atoms with Crippen LogP contribution in [0, 0.1) is 5.92 Å². The molecule has 1 aromatic rings. The van der Waals surface area contributed by atoms with Gasteiger partial charge in [0.25, 0.3) is 0 Å². The van der Waals surface area contributed by atoms with Gasteiger partial charge in [-0.25, -0.2) is 4.79 Å². The lowest BCUT2D eigenvalue weighted by Gasteiger charge is -2.23. The van der Waals surface area contributed by atoms with Gasteiger partial charge in [0.2, 0.25) is 0 Å². The average Bonchev–Trinajstić information content (AvgIpc) is 2.93. The van der Waals surface area contributed by atoms with Gasteiger partial charge in [-0.05, 0) is 22.6 Å². The fourth-order valence-electron chi connectivity index (χ4n) is 2.52. The molecule has 0 radical (unpaired) electrons. The van der Waals surface area contributed by atoms with Crippen molar-refractivity contribution in [3.63, 3.8) is 0 Å². The molecule has 0 saturated carbocycles. The van der Waals surface area contributed by atoms with Gasteiger partial charge >= 0.3 is 5.97 Å². The summed E-state index contributed by atoms with van der Waals surface area (Å²) in [4.78, 5) is 13.4. The average molecular weight is 289 g/mol. The van der Waals surface area contributed by atoms with E-state index in [9.17, 15) is 4.79 Å². The van der Waals surface area contributed by atoms with E-state index in [0.29, 0.717) is 19.1 Å². The number of nitrogens with zero attached hydrogens (tertiary/aromatic N) is 1. The Kier molecular flexibility index (Phi) is 5.39. The number of carbonyl (C=O) groups excluding carboxylic acids is 1. The quantitative estimate of drug-likeness (QED) is 0.596. The molecule has 4 heteroatoms. The Balaban J connectivity index is 2.13. The van der Waals surface area contributed by atoms with Crippen LogP contribution in [0.1, 0.15) is 30.5 Å². The molecule has 0 aromatic heterocycles. The molecule has 4 nitrogen and oxygen atoms in total. The van der Waals surface area contributed by atoms with E-state index < -0.39 is 0 Å². The Bertz CT molecular complexity index is 523. The van der Waals surface area contributed by atoms with E-state index in [0.717, 1.165) is 13.1 Å². The number of fused-ring (bicyclic) bond motifs is 1. The van der Waals surface area contributed by atoms with E-state index in [1.165, 1.54) is 29.9 Å². The van der Waals surface area contributed by atoms with Crippen molar-refractivity contribution in [2.75, 3.05) is 13.7 Å². The zero-order valence-electron chi connectivity index (χ0n) is 13.0. The van der Waals surface area contributed by atoms with Gasteiger partial charge in [0.05, 0.1) is 20.3 Å². The fourth-order valence-corrected chi connectivity index (χ4v) is 2.52. The molecule has 21 heavy (non-hydrogen) atoms. The molecule has 0 atom stereocenters. The normalized spacial score (nSPS) is 13.7. The van der Waals surface area contributed by atoms with E-state index in [4.69, 9.17) is 4.74 Å². The number of hydrogen-bond donors (Lipinski definition) is 0. The van der Waals surface area contributed by atoms with Gasteiger partial charge in [-0.15, -0.1) is 0 Å². The van der Waals surface area contributed by atoms with Gasteiger partial charge in [0.1, 0.15) is 0 Å². The SMILES string of the molecule is COC(=O)/C=C/N(Cc1cccc2c1COC2)CC(C)C. The third-order valence-corrected chi connectivity index (χ3v) is 3.47. The zero-order valence-corrected chi connectivity index (χ0v) is 13.0. The summed E-state index contributed by atoms with van der Waals surface area (Å²) in [6.45, 7) is 7.37. The Morgan fingerprint density at radius 3 is 2.95 bits per heavy atom. The van der Waals surface area contributed by atoms with Crippen molar-refractivity contribution in [2.24, 2.45) is 5.92 Å². The minimum Gasteiger partial charge on any atom is -0.466 e. The Hall–Kier alpha value is -1.81. The highest BCUT2D eigenvalue weighted by molar-refractivity contribution is 5.81. The highest BCUT2D eigenvalue weighted by atomic mass is 16.5. The van der Waals surface area contributed by atoms with Gasteiger partial charge < -0.3 is 14.4 Å². The summed E-state index contributed by atoms with van der Waals surface area (Å²) in [6, 6.07) is 6.32. The summed E-state index contributed by atoms with van der Waals surface area (Å²) in [7, 11) is 1.39. The van der Waals surface area contributed by atoms with Crippen LogP contribution in [0.15, 0.2) is 30.5 Å². The topological polar surface area (TPSA) is 38.8 Å². The van der Waals surface area contributed by atoms with Gasteiger partial charge in [0.15, 0.2) is 0 Å². The molecular formula is C17H23NO3. The first-order chi connectivity index (χ1) is 10.1. The van der Waals surface area contributed by atoms with Crippen LogP contribution < -0.4 is 0 Å². The summed E-state index contributed by atoms with van der Waals surface area (Å²) in [5.41, 5.74) is 3.83. The number of rotatable bonds is 6. The Morgan fingerprint density at radius 2 is 2.24 bits per heavy atom. The number of hydrogen-bond acceptors (Lipinski definition) is 4. The molecule has 2 rings (SSSR count). The highest BCUT2D eigenvalue weighted by Crippen LogP contribution is 2.24. The van der Waals surface area contributed by atoms with Gasteiger partial charge in [-0.1, -0.05) is 32.0 Å². The molecule has 114 valence electrons. The van der Waals surface area contributed by atoms with E-state index in [1.54, 1.807) is 0 Å². The molecular weight excluding hydrogens is 266 g/mol. The van der Waals surface area contributed by atoms with Crippen LogP contribution in [0.3, 0.4) is 0 Å². The highest BCUT2D eigenvalue weighted by Gasteiger charge is 2.16. The third kappa shape index (κ3) is 4.33. The lowest BCUT2D eigenvalue weighted by atomic mass is 10.0. The molecule has 1 aliphatic rings. The summed E-state index contributed by atoms with van der Waals surface area (Å²) >= 11 is 0. The predicted molar refractivity (Wildman–Crippen MR) is 81.3 cm³/mol. The van der Waals surface area contributed by atoms with Crippen molar-refractivity contribution in [2.45, 2.75) is 33.6 Å². The van der Waals surface area contributed by atoms with E-state index in [-0.39, 0.29) is 5.97 Å². The molecule has 0 amide bonds. The van der Waals surface area contributed by atoms with Crippen molar-refractivity contribution in [3.05, 3.63) is 47.2 Å². The van der Waals surface area contributed by atoms with Crippen molar-refractivity contribution in [1.29, 1.82) is 0 Å². The molecule has 1 aromatic carbocycles. The second-order valence-electron chi connectivity index (χ2n) is 5.71. The number of ether oxygens (including phenoxy) is 2. The molecule has 0 unspecified atom stereocenters. The summed E-state index contributed by atoms with van der Waals surface area (Å²) < 4.78 is 10.2. The van der Waals surface area contributed by atoms with E-state index in [1.807, 2.05) is 6.20 Å². The van der Waals surface area contributed by atoms with Gasteiger partial charge in [0, 0.05) is 25.4 Å². The fraction of sp³-hybridized carbons (Fsp3) is 0.471. The molecule has 0 spiro atoms. The van der Waals surface area contributed by atoms with Crippen molar-refractivity contribution in [1.82, 2.24) is 4.90 Å². The monoisotopic (exact) mass is 289 g/mol. The minimum atomic E-state index is -0.328. The van der Waals surface area contributed by atoms with Crippen molar-refractivity contribution in [3.8, 4) is 0 Å². The maximum atomic E-state index is 11.3. The minimum absolute atomic E-state index is 0.328. The van der Waals surface area contributed by atoms with Crippen LogP contribution in [0.4, 0.5) is 0 Å². The standard InChI is InChI=1S/C17H23NO3/c1-13(2)9-18(8-7-17(19)20-3)10-14-5-4-6-15-11-21-12-16(14)15/h4-8,13H,9-12H2,1-3H3/b8-7+. The number of benzene rings is 1. The smallest absolute Gasteiger partial charge is 0.331 e. The molecule has 0 bridgehead atoms. The molecule has 0 N–H and O–H groups in total. The molecule has 1 heterocycles. The number of methoxy groups -OCH3 is 1. The van der Waals surface area contributed by atoms with Crippen LogP contribution in [-0.2, 0) is 34.0 Å².